The van der Waals surface area contributed by atoms with E-state index in [4.69, 9.17) is 5.73 Å². The number of nitrogens with two attached hydrogens (primary N) is 1. The van der Waals surface area contributed by atoms with E-state index in [2.05, 4.69) is 4.74 Å². The van der Waals surface area contributed by atoms with Gasteiger partial charge in [-0.25, -0.2) is 0 Å². The Morgan fingerprint density at radius 2 is 1.60 bits per heavy atom. The van der Waals surface area contributed by atoms with Crippen LogP contribution in [-0.2, 0) is 6.54 Å². The Bertz CT molecular complexity index is 555. The average molecular weight is 304 g/mol. The summed E-state index contributed by atoms with van der Waals surface area (Å²) in [5.74, 6) is -0.230. The molecule has 0 radical (unpaired) electrons. The Balaban J connectivity index is 0.00000200. The Kier molecular flexibility index (Phi) is 5.42. The van der Waals surface area contributed by atoms with Crippen molar-refractivity contribution in [1.29, 1.82) is 0 Å². The van der Waals surface area contributed by atoms with E-state index in [1.165, 1.54) is 12.1 Å². The first-order chi connectivity index (χ1) is 8.98. The lowest BCUT2D eigenvalue weighted by Gasteiger charge is -2.09. The molecule has 0 aromatic heterocycles. The molecule has 20 heavy (non-hydrogen) atoms. The normalized spacial score (nSPS) is 10.8. The summed E-state index contributed by atoms with van der Waals surface area (Å²) >= 11 is 0. The van der Waals surface area contributed by atoms with Gasteiger partial charge in [-0.1, -0.05) is 30.3 Å². The zero-order chi connectivity index (χ0) is 13.9. The third kappa shape index (κ3) is 4.43. The van der Waals surface area contributed by atoms with Gasteiger partial charge in [0.05, 0.1) is 0 Å². The van der Waals surface area contributed by atoms with Gasteiger partial charge in [-0.15, -0.1) is 25.6 Å². The Morgan fingerprint density at radius 3 is 2.15 bits per heavy atom. The van der Waals surface area contributed by atoms with Gasteiger partial charge < -0.3 is 10.5 Å². The van der Waals surface area contributed by atoms with Gasteiger partial charge in [0.15, 0.2) is 0 Å². The molecule has 0 fully saturated rings. The number of halogens is 4. The molecule has 2 rings (SSSR count). The first-order valence-electron chi connectivity index (χ1n) is 5.63. The summed E-state index contributed by atoms with van der Waals surface area (Å²) < 4.78 is 39.9. The highest BCUT2D eigenvalue weighted by Gasteiger charge is 2.30. The van der Waals surface area contributed by atoms with Crippen LogP contribution in [0.25, 0.3) is 11.1 Å². The first-order valence-corrected chi connectivity index (χ1v) is 5.63. The van der Waals surface area contributed by atoms with Gasteiger partial charge in [-0.2, -0.15) is 0 Å². The van der Waals surface area contributed by atoms with Gasteiger partial charge >= 0.3 is 6.36 Å². The number of hydrogen-bond donors (Lipinski definition) is 1. The number of benzene rings is 2. The average Bonchev–Trinajstić information content (AvgIpc) is 2.38. The monoisotopic (exact) mass is 303 g/mol. The number of rotatable bonds is 3. The molecule has 6 heteroatoms. The predicted octanol–water partition coefficient (Wildman–Crippen LogP) is 4.13. The topological polar surface area (TPSA) is 35.2 Å². The maximum absolute atomic E-state index is 12.0. The molecule has 0 bridgehead atoms. The van der Waals surface area contributed by atoms with Crippen LogP contribution in [0.1, 0.15) is 5.56 Å². The summed E-state index contributed by atoms with van der Waals surface area (Å²) in [5.41, 5.74) is 8.23. The standard InChI is InChI=1S/C14H12F3NO.ClH/c15-14(16,17)19-13-6-4-11(5-7-13)12-3-1-2-10(8-12)9-18;/h1-8H,9,18H2;1H. The molecule has 0 aliphatic heterocycles. The van der Waals surface area contributed by atoms with Crippen molar-refractivity contribution in [2.75, 3.05) is 0 Å². The summed E-state index contributed by atoms with van der Waals surface area (Å²) in [5, 5.41) is 0. The second-order valence-electron chi connectivity index (χ2n) is 3.98. The van der Waals surface area contributed by atoms with E-state index >= 15 is 0 Å². The van der Waals surface area contributed by atoms with Crippen LogP contribution in [-0.4, -0.2) is 6.36 Å². The van der Waals surface area contributed by atoms with E-state index in [1.54, 1.807) is 12.1 Å². The SMILES string of the molecule is Cl.NCc1cccc(-c2ccc(OC(F)(F)F)cc2)c1. The van der Waals surface area contributed by atoms with Crippen LogP contribution in [0.15, 0.2) is 48.5 Å². The van der Waals surface area contributed by atoms with Crippen molar-refractivity contribution in [2.45, 2.75) is 12.9 Å². The fourth-order valence-corrected chi connectivity index (χ4v) is 1.73. The van der Waals surface area contributed by atoms with Gasteiger partial charge in [0.1, 0.15) is 5.75 Å². The molecule has 0 heterocycles. The molecule has 0 atom stereocenters. The first kappa shape index (κ1) is 16.3. The smallest absolute Gasteiger partial charge is 0.406 e. The van der Waals surface area contributed by atoms with Crippen molar-refractivity contribution in [2.24, 2.45) is 5.73 Å². The fourth-order valence-electron chi connectivity index (χ4n) is 1.73. The van der Waals surface area contributed by atoms with Crippen molar-refractivity contribution in [3.05, 3.63) is 54.1 Å². The van der Waals surface area contributed by atoms with Crippen molar-refractivity contribution in [3.8, 4) is 16.9 Å². The molecule has 0 aliphatic rings. The number of alkyl halides is 3. The van der Waals surface area contributed by atoms with Gasteiger partial charge in [-0.05, 0) is 34.9 Å². The Labute approximate surface area is 120 Å². The Hall–Kier alpha value is -1.72. The van der Waals surface area contributed by atoms with Gasteiger partial charge in [0, 0.05) is 6.54 Å². The van der Waals surface area contributed by atoms with Gasteiger partial charge in [0.2, 0.25) is 0 Å². The molecule has 0 saturated carbocycles. The van der Waals surface area contributed by atoms with Crippen LogP contribution >= 0.6 is 12.4 Å². The minimum atomic E-state index is -4.67. The minimum absolute atomic E-state index is 0. The quantitative estimate of drug-likeness (QED) is 0.925. The fraction of sp³-hybridized carbons (Fsp3) is 0.143. The molecule has 0 spiro atoms. The molecule has 2 N–H and O–H groups in total. The van der Waals surface area contributed by atoms with E-state index < -0.39 is 6.36 Å². The molecule has 2 aromatic rings. The molecular weight excluding hydrogens is 291 g/mol. The van der Waals surface area contributed by atoms with Crippen LogP contribution in [0.5, 0.6) is 5.75 Å². The highest BCUT2D eigenvalue weighted by atomic mass is 35.5. The highest BCUT2D eigenvalue weighted by molar-refractivity contribution is 5.85. The van der Waals surface area contributed by atoms with Crippen molar-refractivity contribution in [3.63, 3.8) is 0 Å². The van der Waals surface area contributed by atoms with Crippen LogP contribution in [0.3, 0.4) is 0 Å². The van der Waals surface area contributed by atoms with E-state index in [9.17, 15) is 13.2 Å². The van der Waals surface area contributed by atoms with Crippen LogP contribution < -0.4 is 10.5 Å². The maximum atomic E-state index is 12.0. The molecular formula is C14H13ClF3NO. The highest BCUT2D eigenvalue weighted by Crippen LogP contribution is 2.26. The number of hydrogen-bond acceptors (Lipinski definition) is 2. The van der Waals surface area contributed by atoms with E-state index in [1.807, 2.05) is 24.3 Å². The summed E-state index contributed by atoms with van der Waals surface area (Å²) in [6, 6.07) is 13.3. The van der Waals surface area contributed by atoms with Crippen LogP contribution in [0.4, 0.5) is 13.2 Å². The van der Waals surface area contributed by atoms with Crippen LogP contribution in [0, 0.1) is 0 Å². The second-order valence-corrected chi connectivity index (χ2v) is 3.98. The lowest BCUT2D eigenvalue weighted by molar-refractivity contribution is -0.274. The lowest BCUT2D eigenvalue weighted by Crippen LogP contribution is -2.16. The lowest BCUT2D eigenvalue weighted by atomic mass is 10.0. The van der Waals surface area contributed by atoms with Gasteiger partial charge in [0.25, 0.3) is 0 Å². The summed E-state index contributed by atoms with van der Waals surface area (Å²) in [4.78, 5) is 0. The summed E-state index contributed by atoms with van der Waals surface area (Å²) in [6.45, 7) is 0.420. The summed E-state index contributed by atoms with van der Waals surface area (Å²) in [6.07, 6.45) is -4.67. The zero-order valence-electron chi connectivity index (χ0n) is 10.4. The molecule has 108 valence electrons. The maximum Gasteiger partial charge on any atom is 0.573 e. The molecule has 0 aliphatic carbocycles. The van der Waals surface area contributed by atoms with Crippen molar-refractivity contribution in [1.82, 2.24) is 0 Å². The van der Waals surface area contributed by atoms with Crippen LogP contribution in [0.2, 0.25) is 0 Å². The largest absolute Gasteiger partial charge is 0.573 e. The minimum Gasteiger partial charge on any atom is -0.406 e. The Morgan fingerprint density at radius 1 is 0.950 bits per heavy atom. The van der Waals surface area contributed by atoms with E-state index in [-0.39, 0.29) is 18.2 Å². The van der Waals surface area contributed by atoms with E-state index in [0.29, 0.717) is 6.54 Å². The third-order valence-corrected chi connectivity index (χ3v) is 2.58. The summed E-state index contributed by atoms with van der Waals surface area (Å²) in [7, 11) is 0. The van der Waals surface area contributed by atoms with Crippen molar-refractivity contribution < 1.29 is 17.9 Å². The molecule has 0 saturated heterocycles. The van der Waals surface area contributed by atoms with Crippen molar-refractivity contribution >= 4 is 12.4 Å². The molecule has 0 unspecified atom stereocenters. The van der Waals surface area contributed by atoms with Gasteiger partial charge in [-0.3, -0.25) is 0 Å². The second kappa shape index (κ2) is 6.63. The molecule has 2 nitrogen and oxygen atoms in total. The zero-order valence-corrected chi connectivity index (χ0v) is 11.2. The predicted molar refractivity (Wildman–Crippen MR) is 73.7 cm³/mol. The molecule has 0 amide bonds. The number of ether oxygens (including phenoxy) is 1. The third-order valence-electron chi connectivity index (χ3n) is 2.58. The molecule has 2 aromatic carbocycles. The van der Waals surface area contributed by atoms with E-state index in [0.717, 1.165) is 16.7 Å².